The van der Waals surface area contributed by atoms with Crippen LogP contribution >= 0.6 is 0 Å². The topological polar surface area (TPSA) is 30.2 Å². The summed E-state index contributed by atoms with van der Waals surface area (Å²) in [7, 11) is 0. The molecule has 110 valence electrons. The lowest BCUT2D eigenvalue weighted by Crippen LogP contribution is -2.02. The van der Waals surface area contributed by atoms with Crippen LogP contribution in [0.15, 0.2) is 64.3 Å². The van der Waals surface area contributed by atoms with E-state index in [0.717, 1.165) is 28.5 Å². The minimum Gasteiger partial charge on any atom is -0.422 e. The highest BCUT2D eigenvalue weighted by Gasteiger charge is 2.08. The van der Waals surface area contributed by atoms with Gasteiger partial charge in [-0.1, -0.05) is 49.4 Å². The molecule has 2 nitrogen and oxygen atoms in total. The van der Waals surface area contributed by atoms with Gasteiger partial charge in [0.25, 0.3) is 0 Å². The van der Waals surface area contributed by atoms with Crippen LogP contribution in [0, 0.1) is 0 Å². The van der Waals surface area contributed by atoms with Crippen LogP contribution in [0.25, 0.3) is 27.7 Å². The molecule has 2 aromatic carbocycles. The zero-order chi connectivity index (χ0) is 15.7. The third-order valence-corrected chi connectivity index (χ3v) is 3.89. The first-order valence-electron chi connectivity index (χ1n) is 7.41. The van der Waals surface area contributed by atoms with E-state index in [2.05, 4.69) is 19.6 Å². The fourth-order valence-electron chi connectivity index (χ4n) is 2.53. The van der Waals surface area contributed by atoms with Gasteiger partial charge in [-0.25, -0.2) is 4.79 Å². The summed E-state index contributed by atoms with van der Waals surface area (Å²) in [4.78, 5) is 12.2. The van der Waals surface area contributed by atoms with Gasteiger partial charge in [-0.3, -0.25) is 0 Å². The number of benzene rings is 2. The predicted molar refractivity (Wildman–Crippen MR) is 92.0 cm³/mol. The Bertz CT molecular complexity index is 899. The zero-order valence-corrected chi connectivity index (χ0v) is 12.8. The molecular formula is C20H18O2. The van der Waals surface area contributed by atoms with Crippen molar-refractivity contribution in [2.24, 2.45) is 0 Å². The molecule has 1 heterocycles. The van der Waals surface area contributed by atoms with Crippen molar-refractivity contribution in [3.05, 3.63) is 76.7 Å². The lowest BCUT2D eigenvalue weighted by molar-refractivity contribution is 0.563. The average Bonchev–Trinajstić information content (AvgIpc) is 2.54. The lowest BCUT2D eigenvalue weighted by atomic mass is 10.0. The highest BCUT2D eigenvalue weighted by Crippen LogP contribution is 2.23. The summed E-state index contributed by atoms with van der Waals surface area (Å²) in [5.74, 6) is 0. The maximum absolute atomic E-state index is 12.2. The van der Waals surface area contributed by atoms with Gasteiger partial charge in [-0.05, 0) is 48.2 Å². The summed E-state index contributed by atoms with van der Waals surface area (Å²) in [6.07, 6.45) is 0.956. The maximum Gasteiger partial charge on any atom is 0.344 e. The molecule has 0 N–H and O–H groups in total. The molecule has 0 saturated carbocycles. The zero-order valence-electron chi connectivity index (χ0n) is 12.8. The SMILES string of the molecule is C=C(C)c1ccc(-c2cc3cc(CC)ccc3oc2=O)cc1. The summed E-state index contributed by atoms with van der Waals surface area (Å²) < 4.78 is 5.45. The molecule has 0 amide bonds. The van der Waals surface area contributed by atoms with Crippen LogP contribution in [0.5, 0.6) is 0 Å². The number of hydrogen-bond donors (Lipinski definition) is 0. The third-order valence-electron chi connectivity index (χ3n) is 3.89. The number of aryl methyl sites for hydroxylation is 1. The van der Waals surface area contributed by atoms with Crippen LogP contribution in [0.4, 0.5) is 0 Å². The maximum atomic E-state index is 12.2. The Morgan fingerprint density at radius 2 is 1.82 bits per heavy atom. The van der Waals surface area contributed by atoms with E-state index in [-0.39, 0.29) is 5.63 Å². The van der Waals surface area contributed by atoms with Gasteiger partial charge in [-0.15, -0.1) is 0 Å². The van der Waals surface area contributed by atoms with Crippen molar-refractivity contribution in [1.82, 2.24) is 0 Å². The first kappa shape index (κ1) is 14.3. The molecule has 0 aliphatic carbocycles. The third kappa shape index (κ3) is 2.60. The molecule has 3 rings (SSSR count). The van der Waals surface area contributed by atoms with Crippen LogP contribution in [-0.4, -0.2) is 0 Å². The van der Waals surface area contributed by atoms with E-state index in [1.807, 2.05) is 49.4 Å². The molecule has 0 atom stereocenters. The minimum atomic E-state index is -0.306. The summed E-state index contributed by atoms with van der Waals surface area (Å²) in [6.45, 7) is 8.00. The quantitative estimate of drug-likeness (QED) is 0.631. The van der Waals surface area contributed by atoms with Gasteiger partial charge < -0.3 is 4.42 Å². The molecule has 0 aliphatic rings. The van der Waals surface area contributed by atoms with Crippen molar-refractivity contribution >= 4 is 16.5 Å². The second-order valence-corrected chi connectivity index (χ2v) is 5.53. The van der Waals surface area contributed by atoms with Gasteiger partial charge in [0.1, 0.15) is 5.58 Å². The molecule has 1 aromatic heterocycles. The van der Waals surface area contributed by atoms with E-state index in [0.29, 0.717) is 11.1 Å². The van der Waals surface area contributed by atoms with Crippen LogP contribution in [0.3, 0.4) is 0 Å². The molecule has 3 aromatic rings. The Hall–Kier alpha value is -2.61. The predicted octanol–water partition coefficient (Wildman–Crippen LogP) is 5.06. The van der Waals surface area contributed by atoms with E-state index in [9.17, 15) is 4.79 Å². The summed E-state index contributed by atoms with van der Waals surface area (Å²) in [5.41, 5.74) is 5.08. The molecule has 0 aliphatic heterocycles. The molecule has 22 heavy (non-hydrogen) atoms. The Balaban J connectivity index is 2.15. The van der Waals surface area contributed by atoms with Crippen molar-refractivity contribution in [2.45, 2.75) is 20.3 Å². The van der Waals surface area contributed by atoms with E-state index >= 15 is 0 Å². The molecule has 0 radical (unpaired) electrons. The molecule has 0 saturated heterocycles. The number of hydrogen-bond acceptors (Lipinski definition) is 2. The lowest BCUT2D eigenvalue weighted by Gasteiger charge is -2.05. The normalized spacial score (nSPS) is 10.8. The summed E-state index contributed by atoms with van der Waals surface area (Å²) in [5, 5.41) is 0.956. The van der Waals surface area contributed by atoms with E-state index < -0.39 is 0 Å². The smallest absolute Gasteiger partial charge is 0.344 e. The van der Waals surface area contributed by atoms with Gasteiger partial charge in [0, 0.05) is 5.39 Å². The van der Waals surface area contributed by atoms with Crippen LogP contribution in [0.2, 0.25) is 0 Å². The van der Waals surface area contributed by atoms with Gasteiger partial charge in [0.15, 0.2) is 0 Å². The van der Waals surface area contributed by atoms with Crippen molar-refractivity contribution in [2.75, 3.05) is 0 Å². The Morgan fingerprint density at radius 1 is 1.09 bits per heavy atom. The standard InChI is InChI=1S/C20H18O2/c1-4-14-5-10-19-17(11-14)12-18(20(21)22-19)16-8-6-15(7-9-16)13(2)3/h5-12H,2,4H2,1,3H3. The summed E-state index contributed by atoms with van der Waals surface area (Å²) in [6, 6.07) is 15.7. The van der Waals surface area contributed by atoms with E-state index in [1.165, 1.54) is 5.56 Å². The minimum absolute atomic E-state index is 0.306. The second-order valence-electron chi connectivity index (χ2n) is 5.53. The molecule has 2 heteroatoms. The highest BCUT2D eigenvalue weighted by atomic mass is 16.4. The van der Waals surface area contributed by atoms with Gasteiger partial charge >= 0.3 is 5.63 Å². The van der Waals surface area contributed by atoms with Gasteiger partial charge in [-0.2, -0.15) is 0 Å². The van der Waals surface area contributed by atoms with Gasteiger partial charge in [0.2, 0.25) is 0 Å². The Labute approximate surface area is 129 Å². The average molecular weight is 290 g/mol. The van der Waals surface area contributed by atoms with Gasteiger partial charge in [0.05, 0.1) is 5.56 Å². The van der Waals surface area contributed by atoms with E-state index in [4.69, 9.17) is 4.42 Å². The van der Waals surface area contributed by atoms with Crippen molar-refractivity contribution in [3.8, 4) is 11.1 Å². The first-order chi connectivity index (χ1) is 10.6. The van der Waals surface area contributed by atoms with Crippen LogP contribution < -0.4 is 5.63 Å². The highest BCUT2D eigenvalue weighted by molar-refractivity contribution is 5.82. The first-order valence-corrected chi connectivity index (χ1v) is 7.41. The van der Waals surface area contributed by atoms with Crippen molar-refractivity contribution in [3.63, 3.8) is 0 Å². The monoisotopic (exact) mass is 290 g/mol. The van der Waals surface area contributed by atoms with Crippen molar-refractivity contribution < 1.29 is 4.42 Å². The molecule has 0 unspecified atom stereocenters. The van der Waals surface area contributed by atoms with Crippen molar-refractivity contribution in [1.29, 1.82) is 0 Å². The Kier molecular flexibility index (Phi) is 3.68. The molecule has 0 bridgehead atoms. The van der Waals surface area contributed by atoms with Crippen LogP contribution in [0.1, 0.15) is 25.0 Å². The Morgan fingerprint density at radius 3 is 2.45 bits per heavy atom. The van der Waals surface area contributed by atoms with Crippen LogP contribution in [-0.2, 0) is 6.42 Å². The van der Waals surface area contributed by atoms with E-state index in [1.54, 1.807) is 0 Å². The number of allylic oxidation sites excluding steroid dienone is 1. The fraction of sp³-hybridized carbons (Fsp3) is 0.150. The molecular weight excluding hydrogens is 272 g/mol. The number of rotatable bonds is 3. The molecule has 0 fully saturated rings. The number of fused-ring (bicyclic) bond motifs is 1. The largest absolute Gasteiger partial charge is 0.422 e. The summed E-state index contributed by atoms with van der Waals surface area (Å²) >= 11 is 0. The second kappa shape index (κ2) is 5.64. The fourth-order valence-corrected chi connectivity index (χ4v) is 2.53. The molecule has 0 spiro atoms.